The lowest BCUT2D eigenvalue weighted by atomic mass is 10.2. The second kappa shape index (κ2) is 3.39. The van der Waals surface area contributed by atoms with Gasteiger partial charge in [0.2, 0.25) is 0 Å². The average Bonchev–Trinajstić information content (AvgIpc) is 2.15. The first kappa shape index (κ1) is 10.3. The van der Waals surface area contributed by atoms with Crippen LogP contribution in [0.1, 0.15) is 5.56 Å². The van der Waals surface area contributed by atoms with E-state index >= 15 is 0 Å². The predicted octanol–water partition coefficient (Wildman–Crippen LogP) is 1.22. The number of hydrogen-bond donors (Lipinski definition) is 1. The van der Waals surface area contributed by atoms with Gasteiger partial charge in [-0.1, -0.05) is 6.07 Å². The van der Waals surface area contributed by atoms with E-state index in [4.69, 9.17) is 15.4 Å². The summed E-state index contributed by atoms with van der Waals surface area (Å²) in [5, 5.41) is 2.37. The smallest absolute Gasteiger partial charge is 0.410 e. The number of ether oxygens (including phenoxy) is 1. The molecule has 0 bridgehead atoms. The van der Waals surface area contributed by atoms with Crippen molar-refractivity contribution in [2.24, 2.45) is 0 Å². The molecule has 1 amide bonds. The second-order valence-corrected chi connectivity index (χ2v) is 5.45. The van der Waals surface area contributed by atoms with Gasteiger partial charge >= 0.3 is 6.09 Å². The van der Waals surface area contributed by atoms with Crippen LogP contribution >= 0.6 is 10.7 Å². The lowest BCUT2D eigenvalue weighted by Crippen LogP contribution is -2.32. The Morgan fingerprint density at radius 3 is 2.80 bits per heavy atom. The van der Waals surface area contributed by atoms with E-state index in [-0.39, 0.29) is 17.2 Å². The van der Waals surface area contributed by atoms with Crippen LogP contribution in [0.5, 0.6) is 5.75 Å². The highest BCUT2D eigenvalue weighted by Crippen LogP contribution is 2.30. The summed E-state index contributed by atoms with van der Waals surface area (Å²) in [4.78, 5) is 10.8. The maximum Gasteiger partial charge on any atom is 0.412 e. The molecular formula is C8H6ClNO4S. The molecule has 1 aromatic carbocycles. The molecule has 1 N–H and O–H groups in total. The molecule has 0 fully saturated rings. The number of rotatable bonds is 1. The first-order valence-electron chi connectivity index (χ1n) is 4.01. The van der Waals surface area contributed by atoms with Crippen molar-refractivity contribution in [2.75, 3.05) is 0 Å². The fourth-order valence-corrected chi connectivity index (χ4v) is 2.48. The SMILES string of the molecule is O=C1NCc2c(cccc2S(=O)(=O)Cl)O1. The van der Waals surface area contributed by atoms with Crippen LogP contribution in [-0.4, -0.2) is 14.5 Å². The van der Waals surface area contributed by atoms with Crippen molar-refractivity contribution in [1.29, 1.82) is 0 Å². The number of carbonyl (C=O) groups excluding carboxylic acids is 1. The molecule has 1 heterocycles. The normalized spacial score (nSPS) is 15.1. The summed E-state index contributed by atoms with van der Waals surface area (Å²) >= 11 is 0. The Balaban J connectivity index is 2.61. The van der Waals surface area contributed by atoms with Crippen molar-refractivity contribution in [3.05, 3.63) is 23.8 Å². The monoisotopic (exact) mass is 247 g/mol. The summed E-state index contributed by atoms with van der Waals surface area (Å²) in [6.07, 6.45) is -0.605. The number of halogens is 1. The molecule has 0 aromatic heterocycles. The number of benzene rings is 1. The van der Waals surface area contributed by atoms with Gasteiger partial charge in [0.15, 0.2) is 0 Å². The summed E-state index contributed by atoms with van der Waals surface area (Å²) in [5.41, 5.74) is 0.368. The van der Waals surface area contributed by atoms with E-state index in [1.54, 1.807) is 0 Å². The number of carbonyl (C=O) groups is 1. The predicted molar refractivity (Wildman–Crippen MR) is 52.3 cm³/mol. The molecule has 15 heavy (non-hydrogen) atoms. The standard InChI is InChI=1S/C8H6ClNO4S/c9-15(12,13)7-3-1-2-6-5(7)4-10-8(11)14-6/h1-3H,4H2,(H,10,11). The highest BCUT2D eigenvalue weighted by Gasteiger charge is 2.24. The van der Waals surface area contributed by atoms with Crippen molar-refractivity contribution in [3.8, 4) is 5.75 Å². The van der Waals surface area contributed by atoms with E-state index in [2.05, 4.69) is 5.32 Å². The third-order valence-electron chi connectivity index (χ3n) is 1.96. The van der Waals surface area contributed by atoms with Gasteiger partial charge < -0.3 is 10.1 Å². The Bertz CT molecular complexity index is 525. The van der Waals surface area contributed by atoms with Gasteiger partial charge in [-0.2, -0.15) is 0 Å². The van der Waals surface area contributed by atoms with Gasteiger partial charge in [0, 0.05) is 16.2 Å². The molecule has 1 aliphatic rings. The highest BCUT2D eigenvalue weighted by atomic mass is 35.7. The van der Waals surface area contributed by atoms with Gasteiger partial charge in [-0.25, -0.2) is 13.2 Å². The van der Waals surface area contributed by atoms with Crippen LogP contribution < -0.4 is 10.1 Å². The minimum absolute atomic E-state index is 0.0401. The lowest BCUT2D eigenvalue weighted by Gasteiger charge is -2.18. The zero-order chi connectivity index (χ0) is 11.1. The van der Waals surface area contributed by atoms with Crippen LogP contribution in [0.4, 0.5) is 4.79 Å². The molecular weight excluding hydrogens is 242 g/mol. The topological polar surface area (TPSA) is 72.5 Å². The molecule has 0 aliphatic carbocycles. The molecule has 80 valence electrons. The Morgan fingerprint density at radius 1 is 1.40 bits per heavy atom. The quantitative estimate of drug-likeness (QED) is 0.758. The largest absolute Gasteiger partial charge is 0.412 e. The summed E-state index contributed by atoms with van der Waals surface area (Å²) in [7, 11) is 1.42. The van der Waals surface area contributed by atoms with E-state index in [9.17, 15) is 13.2 Å². The molecule has 7 heteroatoms. The molecule has 1 aliphatic heterocycles. The Hall–Kier alpha value is -1.27. The van der Waals surface area contributed by atoms with Crippen molar-refractivity contribution in [1.82, 2.24) is 5.32 Å². The zero-order valence-electron chi connectivity index (χ0n) is 7.36. The van der Waals surface area contributed by atoms with Gasteiger partial charge in [-0.15, -0.1) is 0 Å². The van der Waals surface area contributed by atoms with Crippen molar-refractivity contribution in [3.63, 3.8) is 0 Å². The van der Waals surface area contributed by atoms with Crippen LogP contribution in [-0.2, 0) is 15.6 Å². The molecule has 2 rings (SSSR count). The molecule has 5 nitrogen and oxygen atoms in total. The minimum Gasteiger partial charge on any atom is -0.410 e. The maximum atomic E-state index is 11.2. The van der Waals surface area contributed by atoms with Crippen LogP contribution in [0.15, 0.2) is 23.1 Å². The molecule has 0 radical (unpaired) electrons. The van der Waals surface area contributed by atoms with Crippen molar-refractivity contribution < 1.29 is 17.9 Å². The van der Waals surface area contributed by atoms with Crippen LogP contribution in [0.25, 0.3) is 0 Å². The van der Waals surface area contributed by atoms with Crippen LogP contribution in [0, 0.1) is 0 Å². The summed E-state index contributed by atoms with van der Waals surface area (Å²) in [5.74, 6) is 0.223. The first-order valence-corrected chi connectivity index (χ1v) is 6.31. The molecule has 0 saturated heterocycles. The summed E-state index contributed by atoms with van der Waals surface area (Å²) < 4.78 is 27.2. The molecule has 1 aromatic rings. The zero-order valence-corrected chi connectivity index (χ0v) is 8.93. The van der Waals surface area contributed by atoms with Gasteiger partial charge in [0.25, 0.3) is 9.05 Å². The van der Waals surface area contributed by atoms with Gasteiger partial charge in [-0.05, 0) is 12.1 Å². The summed E-state index contributed by atoms with van der Waals surface area (Å²) in [6, 6.07) is 4.34. The second-order valence-electron chi connectivity index (χ2n) is 2.91. The number of nitrogens with one attached hydrogen (secondary N) is 1. The molecule has 0 atom stereocenters. The average molecular weight is 248 g/mol. The Morgan fingerprint density at radius 2 is 2.13 bits per heavy atom. The molecule has 0 spiro atoms. The van der Waals surface area contributed by atoms with Crippen LogP contribution in [0.2, 0.25) is 0 Å². The fraction of sp³-hybridized carbons (Fsp3) is 0.125. The van der Waals surface area contributed by atoms with E-state index in [1.165, 1.54) is 18.2 Å². The van der Waals surface area contributed by atoms with E-state index in [0.717, 1.165) is 0 Å². The van der Waals surface area contributed by atoms with E-state index in [1.807, 2.05) is 0 Å². The molecule has 0 unspecified atom stereocenters. The first-order chi connectivity index (χ1) is 6.98. The van der Waals surface area contributed by atoms with E-state index < -0.39 is 15.1 Å². The Kier molecular flexibility index (Phi) is 2.32. The lowest BCUT2D eigenvalue weighted by molar-refractivity contribution is 0.194. The minimum atomic E-state index is -3.82. The number of hydrogen-bond acceptors (Lipinski definition) is 4. The summed E-state index contributed by atoms with van der Waals surface area (Å²) in [6.45, 7) is 0.0935. The van der Waals surface area contributed by atoms with E-state index in [0.29, 0.717) is 5.56 Å². The number of amides is 1. The number of fused-ring (bicyclic) bond motifs is 1. The third kappa shape index (κ3) is 1.91. The van der Waals surface area contributed by atoms with Crippen molar-refractivity contribution >= 4 is 25.8 Å². The van der Waals surface area contributed by atoms with Gasteiger partial charge in [0.1, 0.15) is 5.75 Å². The van der Waals surface area contributed by atoms with Gasteiger partial charge in [-0.3, -0.25) is 0 Å². The van der Waals surface area contributed by atoms with Gasteiger partial charge in [0.05, 0.1) is 11.4 Å². The highest BCUT2D eigenvalue weighted by molar-refractivity contribution is 8.13. The maximum absolute atomic E-state index is 11.2. The fourth-order valence-electron chi connectivity index (χ4n) is 1.34. The Labute approximate surface area is 90.4 Å². The van der Waals surface area contributed by atoms with Crippen molar-refractivity contribution in [2.45, 2.75) is 11.4 Å². The van der Waals surface area contributed by atoms with Crippen LogP contribution in [0.3, 0.4) is 0 Å². The third-order valence-corrected chi connectivity index (χ3v) is 3.37. The molecule has 0 saturated carbocycles.